The lowest BCUT2D eigenvalue weighted by atomic mass is 10.1. The number of nitrogens with one attached hydrogen (secondary N) is 1. The maximum absolute atomic E-state index is 12.9. The molecule has 2 aromatic heterocycles. The van der Waals surface area contributed by atoms with Gasteiger partial charge in [-0.15, -0.1) is 0 Å². The van der Waals surface area contributed by atoms with Crippen LogP contribution < -0.4 is 15.4 Å². The number of anilines is 1. The van der Waals surface area contributed by atoms with E-state index in [1.165, 1.54) is 0 Å². The number of aromatic amines is 1. The third-order valence-corrected chi connectivity index (χ3v) is 4.24. The van der Waals surface area contributed by atoms with Crippen molar-refractivity contribution in [2.24, 2.45) is 5.73 Å². The van der Waals surface area contributed by atoms with Crippen molar-refractivity contribution in [1.29, 1.82) is 0 Å². The predicted molar refractivity (Wildman–Crippen MR) is 101 cm³/mol. The number of methoxy groups -OCH3 is 1. The number of rotatable bonds is 8. The van der Waals surface area contributed by atoms with Crippen LogP contribution in [0.3, 0.4) is 0 Å². The molecule has 0 atom stereocenters. The molecular formula is C19H23N5O2. The van der Waals surface area contributed by atoms with Crippen LogP contribution in [0.2, 0.25) is 0 Å². The number of pyridine rings is 1. The maximum Gasteiger partial charge on any atom is 0.227 e. The number of carbonyl (C=O) groups excluding carboxylic acids is 1. The Morgan fingerprint density at radius 2 is 2.19 bits per heavy atom. The lowest BCUT2D eigenvalue weighted by Gasteiger charge is -2.23. The second-order valence-corrected chi connectivity index (χ2v) is 5.96. The molecule has 0 saturated heterocycles. The molecule has 1 amide bonds. The first-order chi connectivity index (χ1) is 12.7. The molecule has 0 aliphatic carbocycles. The molecule has 0 unspecified atom stereocenters. The number of nitrogens with zero attached hydrogens (tertiary/aromatic N) is 3. The minimum Gasteiger partial charge on any atom is -0.497 e. The number of fused-ring (bicyclic) bond motifs is 1. The SMILES string of the molecule is COc1cccc(N(CCCN)C(=O)CCc2n[nH]c3ncccc23)c1. The van der Waals surface area contributed by atoms with E-state index in [1.54, 1.807) is 18.2 Å². The highest BCUT2D eigenvalue weighted by Crippen LogP contribution is 2.23. The third kappa shape index (κ3) is 4.00. The van der Waals surface area contributed by atoms with Crippen molar-refractivity contribution in [1.82, 2.24) is 15.2 Å². The smallest absolute Gasteiger partial charge is 0.227 e. The minimum atomic E-state index is 0.0340. The van der Waals surface area contributed by atoms with Crippen molar-refractivity contribution in [3.8, 4) is 5.75 Å². The van der Waals surface area contributed by atoms with Crippen LogP contribution >= 0.6 is 0 Å². The molecule has 0 bridgehead atoms. The van der Waals surface area contributed by atoms with Gasteiger partial charge in [0.05, 0.1) is 12.8 Å². The largest absolute Gasteiger partial charge is 0.497 e. The number of aromatic nitrogens is 3. The first-order valence-corrected chi connectivity index (χ1v) is 8.65. The van der Waals surface area contributed by atoms with Gasteiger partial charge in [0.15, 0.2) is 5.65 Å². The fourth-order valence-corrected chi connectivity index (χ4v) is 2.88. The summed E-state index contributed by atoms with van der Waals surface area (Å²) < 4.78 is 5.27. The summed E-state index contributed by atoms with van der Waals surface area (Å²) in [6.45, 7) is 1.11. The van der Waals surface area contributed by atoms with E-state index in [4.69, 9.17) is 10.5 Å². The fourth-order valence-electron chi connectivity index (χ4n) is 2.88. The molecular weight excluding hydrogens is 330 g/mol. The Hall–Kier alpha value is -2.93. The van der Waals surface area contributed by atoms with Gasteiger partial charge in [-0.1, -0.05) is 6.07 Å². The van der Waals surface area contributed by atoms with Crippen molar-refractivity contribution in [2.75, 3.05) is 25.1 Å². The van der Waals surface area contributed by atoms with E-state index < -0.39 is 0 Å². The van der Waals surface area contributed by atoms with Crippen LogP contribution in [0.25, 0.3) is 11.0 Å². The number of carbonyl (C=O) groups is 1. The van der Waals surface area contributed by atoms with Crippen LogP contribution in [0.15, 0.2) is 42.6 Å². The molecule has 0 fully saturated rings. The first-order valence-electron chi connectivity index (χ1n) is 8.65. The molecule has 0 aliphatic rings. The van der Waals surface area contributed by atoms with E-state index in [1.807, 2.05) is 36.4 Å². The number of amides is 1. The highest BCUT2D eigenvalue weighted by atomic mass is 16.5. The summed E-state index contributed by atoms with van der Waals surface area (Å²) in [6.07, 6.45) is 3.36. The van der Waals surface area contributed by atoms with Crippen molar-refractivity contribution in [3.63, 3.8) is 0 Å². The van der Waals surface area contributed by atoms with Crippen LogP contribution in [0, 0.1) is 0 Å². The van der Waals surface area contributed by atoms with Gasteiger partial charge in [0.1, 0.15) is 5.75 Å². The second-order valence-electron chi connectivity index (χ2n) is 5.96. The Kier molecular flexibility index (Phi) is 5.80. The summed E-state index contributed by atoms with van der Waals surface area (Å²) in [4.78, 5) is 18.9. The molecule has 3 N–H and O–H groups in total. The average Bonchev–Trinajstić information content (AvgIpc) is 3.10. The summed E-state index contributed by atoms with van der Waals surface area (Å²) in [5, 5.41) is 8.15. The lowest BCUT2D eigenvalue weighted by Crippen LogP contribution is -2.33. The van der Waals surface area contributed by atoms with E-state index in [2.05, 4.69) is 15.2 Å². The van der Waals surface area contributed by atoms with Crippen LogP contribution in [-0.4, -0.2) is 41.3 Å². The number of H-pyrrole nitrogens is 1. The molecule has 0 radical (unpaired) electrons. The molecule has 0 spiro atoms. The zero-order chi connectivity index (χ0) is 18.4. The molecule has 0 aliphatic heterocycles. The molecule has 2 heterocycles. The Labute approximate surface area is 152 Å². The molecule has 26 heavy (non-hydrogen) atoms. The Balaban J connectivity index is 1.74. The second kappa shape index (κ2) is 8.44. The Morgan fingerprint density at radius 1 is 1.31 bits per heavy atom. The fraction of sp³-hybridized carbons (Fsp3) is 0.316. The average molecular weight is 353 g/mol. The number of benzene rings is 1. The molecule has 136 valence electrons. The summed E-state index contributed by atoms with van der Waals surface area (Å²) >= 11 is 0. The van der Waals surface area contributed by atoms with Crippen LogP contribution in [0.5, 0.6) is 5.75 Å². The van der Waals surface area contributed by atoms with Crippen LogP contribution in [0.4, 0.5) is 5.69 Å². The lowest BCUT2D eigenvalue weighted by molar-refractivity contribution is -0.118. The van der Waals surface area contributed by atoms with Gasteiger partial charge in [-0.25, -0.2) is 4.98 Å². The van der Waals surface area contributed by atoms with Gasteiger partial charge in [-0.2, -0.15) is 5.10 Å². The van der Waals surface area contributed by atoms with Gasteiger partial charge < -0.3 is 15.4 Å². The van der Waals surface area contributed by atoms with E-state index in [0.717, 1.165) is 34.6 Å². The summed E-state index contributed by atoms with van der Waals surface area (Å²) in [5.74, 6) is 0.754. The van der Waals surface area contributed by atoms with Crippen molar-refractivity contribution in [3.05, 3.63) is 48.3 Å². The first kappa shape index (κ1) is 17.9. The minimum absolute atomic E-state index is 0.0340. The summed E-state index contributed by atoms with van der Waals surface area (Å²) in [6, 6.07) is 11.3. The van der Waals surface area contributed by atoms with Crippen LogP contribution in [0.1, 0.15) is 18.5 Å². The molecule has 1 aromatic carbocycles. The van der Waals surface area contributed by atoms with Crippen molar-refractivity contribution in [2.45, 2.75) is 19.3 Å². The number of hydrogen-bond acceptors (Lipinski definition) is 5. The summed E-state index contributed by atoms with van der Waals surface area (Å²) in [7, 11) is 1.61. The molecule has 3 aromatic rings. The molecule has 7 nitrogen and oxygen atoms in total. The number of nitrogens with two attached hydrogens (primary N) is 1. The maximum atomic E-state index is 12.9. The molecule has 0 saturated carbocycles. The van der Waals surface area contributed by atoms with Crippen molar-refractivity contribution >= 4 is 22.6 Å². The van der Waals surface area contributed by atoms with E-state index >= 15 is 0 Å². The normalized spacial score (nSPS) is 10.8. The van der Waals surface area contributed by atoms with E-state index in [9.17, 15) is 4.79 Å². The molecule has 3 rings (SSSR count). The quantitative estimate of drug-likeness (QED) is 0.647. The van der Waals surface area contributed by atoms with Crippen LogP contribution in [-0.2, 0) is 11.2 Å². The van der Waals surface area contributed by atoms with Gasteiger partial charge in [-0.3, -0.25) is 9.89 Å². The number of hydrogen-bond donors (Lipinski definition) is 2. The Morgan fingerprint density at radius 3 is 3.00 bits per heavy atom. The number of aryl methyl sites for hydroxylation is 1. The van der Waals surface area contributed by atoms with Gasteiger partial charge in [0, 0.05) is 42.7 Å². The van der Waals surface area contributed by atoms with E-state index in [-0.39, 0.29) is 5.91 Å². The van der Waals surface area contributed by atoms with Gasteiger partial charge in [-0.05, 0) is 37.2 Å². The van der Waals surface area contributed by atoms with Gasteiger partial charge >= 0.3 is 0 Å². The monoisotopic (exact) mass is 353 g/mol. The third-order valence-electron chi connectivity index (χ3n) is 4.24. The number of ether oxygens (including phenoxy) is 1. The predicted octanol–water partition coefficient (Wildman–Crippen LogP) is 2.28. The zero-order valence-electron chi connectivity index (χ0n) is 14.8. The van der Waals surface area contributed by atoms with Crippen molar-refractivity contribution < 1.29 is 9.53 Å². The zero-order valence-corrected chi connectivity index (χ0v) is 14.8. The van der Waals surface area contributed by atoms with Gasteiger partial charge in [0.25, 0.3) is 0 Å². The standard InChI is InChI=1S/C19H23N5O2/c1-26-15-6-2-5-14(13-15)24(12-4-10-20)18(25)9-8-17-16-7-3-11-21-19(16)23-22-17/h2-3,5-7,11,13H,4,8-10,12,20H2,1H3,(H,21,22,23). The topological polar surface area (TPSA) is 97.1 Å². The highest BCUT2D eigenvalue weighted by molar-refractivity contribution is 5.94. The molecule has 7 heteroatoms. The van der Waals surface area contributed by atoms with E-state index in [0.29, 0.717) is 25.9 Å². The highest BCUT2D eigenvalue weighted by Gasteiger charge is 2.17. The Bertz CT molecular complexity index is 877. The van der Waals surface area contributed by atoms with Gasteiger partial charge in [0.2, 0.25) is 5.91 Å². The summed E-state index contributed by atoms with van der Waals surface area (Å²) in [5.41, 5.74) is 8.05.